The lowest BCUT2D eigenvalue weighted by Crippen LogP contribution is -2.05. The zero-order chi connectivity index (χ0) is 12.3. The molecule has 0 aliphatic carbocycles. The summed E-state index contributed by atoms with van der Waals surface area (Å²) in [5.74, 6) is 0.954. The highest BCUT2D eigenvalue weighted by Crippen LogP contribution is 2.43. The number of Topliss-reactive ketones (excluding diaryl/α,β-unsaturated/α-hetero) is 1. The molecular weight excluding hydrogens is 210 g/mol. The summed E-state index contributed by atoms with van der Waals surface area (Å²) in [6.07, 6.45) is 0. The van der Waals surface area contributed by atoms with Gasteiger partial charge in [0.25, 0.3) is 0 Å². The second kappa shape index (κ2) is 4.74. The fourth-order valence-electron chi connectivity index (χ4n) is 1.47. The third-order valence-electron chi connectivity index (χ3n) is 2.25. The number of rotatable bonds is 4. The van der Waals surface area contributed by atoms with Crippen molar-refractivity contribution in [2.45, 2.75) is 6.92 Å². The van der Waals surface area contributed by atoms with Crippen LogP contribution in [0.5, 0.6) is 17.2 Å². The number of hydrogen-bond acceptors (Lipinski definition) is 5. The van der Waals surface area contributed by atoms with Gasteiger partial charge in [-0.1, -0.05) is 0 Å². The Bertz CT molecular complexity index is 415. The fourth-order valence-corrected chi connectivity index (χ4v) is 1.47. The maximum Gasteiger partial charge on any atom is 0.205 e. The minimum atomic E-state index is -0.156. The van der Waals surface area contributed by atoms with Crippen molar-refractivity contribution in [1.82, 2.24) is 0 Å². The molecule has 0 fully saturated rings. The number of benzene rings is 1. The van der Waals surface area contributed by atoms with Crippen LogP contribution in [0.15, 0.2) is 6.07 Å². The van der Waals surface area contributed by atoms with Crippen LogP contribution in [0.1, 0.15) is 17.3 Å². The van der Waals surface area contributed by atoms with Gasteiger partial charge < -0.3 is 19.9 Å². The molecule has 0 saturated heterocycles. The molecule has 0 saturated carbocycles. The normalized spacial score (nSPS) is 9.75. The van der Waals surface area contributed by atoms with E-state index in [1.165, 1.54) is 28.3 Å². The molecule has 16 heavy (non-hydrogen) atoms. The van der Waals surface area contributed by atoms with E-state index in [4.69, 9.17) is 19.9 Å². The number of methoxy groups -OCH3 is 3. The Morgan fingerprint density at radius 2 is 1.69 bits per heavy atom. The summed E-state index contributed by atoms with van der Waals surface area (Å²) >= 11 is 0. The van der Waals surface area contributed by atoms with Gasteiger partial charge in [0, 0.05) is 5.56 Å². The van der Waals surface area contributed by atoms with Crippen molar-refractivity contribution in [2.75, 3.05) is 27.1 Å². The van der Waals surface area contributed by atoms with Gasteiger partial charge in [0.05, 0.1) is 27.0 Å². The Balaban J connectivity index is 3.54. The second-order valence-electron chi connectivity index (χ2n) is 3.16. The van der Waals surface area contributed by atoms with Gasteiger partial charge in [-0.15, -0.1) is 0 Å². The number of ether oxygens (including phenoxy) is 3. The molecule has 5 nitrogen and oxygen atoms in total. The summed E-state index contributed by atoms with van der Waals surface area (Å²) in [4.78, 5) is 11.4. The number of carbonyl (C=O) groups is 1. The molecule has 0 aromatic heterocycles. The van der Waals surface area contributed by atoms with Crippen LogP contribution >= 0.6 is 0 Å². The maximum atomic E-state index is 11.4. The zero-order valence-corrected chi connectivity index (χ0v) is 9.79. The van der Waals surface area contributed by atoms with Crippen molar-refractivity contribution in [3.8, 4) is 17.2 Å². The van der Waals surface area contributed by atoms with Gasteiger partial charge >= 0.3 is 0 Å². The highest BCUT2D eigenvalue weighted by atomic mass is 16.5. The van der Waals surface area contributed by atoms with E-state index in [9.17, 15) is 4.79 Å². The van der Waals surface area contributed by atoms with Crippen LogP contribution in [-0.2, 0) is 0 Å². The summed E-state index contributed by atoms with van der Waals surface area (Å²) in [5.41, 5.74) is 6.43. The molecule has 1 rings (SSSR count). The predicted molar refractivity (Wildman–Crippen MR) is 60.5 cm³/mol. The molecular formula is C11H15NO4. The van der Waals surface area contributed by atoms with Gasteiger partial charge in [-0.05, 0) is 13.0 Å². The van der Waals surface area contributed by atoms with Gasteiger partial charge in [0.2, 0.25) is 5.75 Å². The van der Waals surface area contributed by atoms with E-state index in [-0.39, 0.29) is 11.5 Å². The first-order valence-electron chi connectivity index (χ1n) is 4.66. The van der Waals surface area contributed by atoms with E-state index in [0.29, 0.717) is 22.8 Å². The Morgan fingerprint density at radius 3 is 2.06 bits per heavy atom. The number of carbonyl (C=O) groups excluding carboxylic acids is 1. The lowest BCUT2D eigenvalue weighted by Gasteiger charge is -2.15. The Labute approximate surface area is 94.1 Å². The van der Waals surface area contributed by atoms with Gasteiger partial charge in [-0.25, -0.2) is 0 Å². The monoisotopic (exact) mass is 225 g/mol. The Kier molecular flexibility index (Phi) is 3.60. The van der Waals surface area contributed by atoms with Gasteiger partial charge in [-0.3, -0.25) is 4.79 Å². The van der Waals surface area contributed by atoms with Crippen LogP contribution in [0.25, 0.3) is 0 Å². The summed E-state index contributed by atoms with van der Waals surface area (Å²) in [6.45, 7) is 1.43. The quantitative estimate of drug-likeness (QED) is 0.621. The van der Waals surface area contributed by atoms with E-state index >= 15 is 0 Å². The molecule has 0 spiro atoms. The van der Waals surface area contributed by atoms with Crippen molar-refractivity contribution in [3.05, 3.63) is 11.6 Å². The first-order valence-corrected chi connectivity index (χ1v) is 4.66. The van der Waals surface area contributed by atoms with Crippen molar-refractivity contribution in [3.63, 3.8) is 0 Å². The zero-order valence-electron chi connectivity index (χ0n) is 9.79. The summed E-state index contributed by atoms with van der Waals surface area (Å²) in [7, 11) is 4.42. The lowest BCUT2D eigenvalue weighted by atomic mass is 10.1. The van der Waals surface area contributed by atoms with E-state index in [0.717, 1.165) is 0 Å². The predicted octanol–water partition coefficient (Wildman–Crippen LogP) is 1.50. The van der Waals surface area contributed by atoms with Crippen LogP contribution in [0, 0.1) is 0 Å². The van der Waals surface area contributed by atoms with Gasteiger partial charge in [0.15, 0.2) is 17.3 Å². The van der Waals surface area contributed by atoms with Gasteiger partial charge in [-0.2, -0.15) is 0 Å². The van der Waals surface area contributed by atoms with E-state index in [2.05, 4.69) is 0 Å². The largest absolute Gasteiger partial charge is 0.493 e. The third kappa shape index (κ3) is 1.88. The smallest absolute Gasteiger partial charge is 0.205 e. The summed E-state index contributed by atoms with van der Waals surface area (Å²) in [6, 6.07) is 1.54. The molecule has 0 bridgehead atoms. The van der Waals surface area contributed by atoms with E-state index in [1.54, 1.807) is 6.07 Å². The molecule has 0 amide bonds. The average molecular weight is 225 g/mol. The van der Waals surface area contributed by atoms with Gasteiger partial charge in [0.1, 0.15) is 0 Å². The molecule has 1 aromatic carbocycles. The van der Waals surface area contributed by atoms with Crippen LogP contribution in [0.4, 0.5) is 5.69 Å². The van der Waals surface area contributed by atoms with E-state index < -0.39 is 0 Å². The van der Waals surface area contributed by atoms with E-state index in [1.807, 2.05) is 0 Å². The lowest BCUT2D eigenvalue weighted by molar-refractivity contribution is 0.101. The first kappa shape index (κ1) is 12.2. The van der Waals surface area contributed by atoms with Crippen molar-refractivity contribution < 1.29 is 19.0 Å². The Morgan fingerprint density at radius 1 is 1.12 bits per heavy atom. The number of nitrogens with two attached hydrogens (primary N) is 1. The van der Waals surface area contributed by atoms with Crippen LogP contribution in [-0.4, -0.2) is 27.1 Å². The second-order valence-corrected chi connectivity index (χ2v) is 3.16. The highest BCUT2D eigenvalue weighted by Gasteiger charge is 2.20. The molecule has 0 aliphatic heterocycles. The van der Waals surface area contributed by atoms with Crippen molar-refractivity contribution in [2.24, 2.45) is 0 Å². The number of hydrogen-bond donors (Lipinski definition) is 1. The SMILES string of the molecule is COc1cc(C(C)=O)c(N)c(OC)c1OC. The summed E-state index contributed by atoms with van der Waals surface area (Å²) < 4.78 is 15.4. The van der Waals surface area contributed by atoms with Crippen LogP contribution in [0.3, 0.4) is 0 Å². The molecule has 0 heterocycles. The van der Waals surface area contributed by atoms with Crippen LogP contribution < -0.4 is 19.9 Å². The fraction of sp³-hybridized carbons (Fsp3) is 0.364. The molecule has 1 aromatic rings. The minimum absolute atomic E-state index is 0.156. The molecule has 5 heteroatoms. The molecule has 88 valence electrons. The van der Waals surface area contributed by atoms with Crippen LogP contribution in [0.2, 0.25) is 0 Å². The molecule has 0 unspecified atom stereocenters. The third-order valence-corrected chi connectivity index (χ3v) is 2.25. The van der Waals surface area contributed by atoms with Crippen molar-refractivity contribution in [1.29, 1.82) is 0 Å². The number of ketones is 1. The molecule has 0 aliphatic rings. The van der Waals surface area contributed by atoms with Crippen molar-refractivity contribution >= 4 is 11.5 Å². The molecule has 0 radical (unpaired) electrons. The summed E-state index contributed by atoms with van der Waals surface area (Å²) in [5, 5.41) is 0. The molecule has 0 atom stereocenters. The minimum Gasteiger partial charge on any atom is -0.493 e. The highest BCUT2D eigenvalue weighted by molar-refractivity contribution is 6.01. The number of anilines is 1. The Hall–Kier alpha value is -1.91. The first-order chi connectivity index (χ1) is 7.56. The topological polar surface area (TPSA) is 70.8 Å². The standard InChI is InChI=1S/C11H15NO4/c1-6(13)7-5-8(14-2)10(15-3)11(16-4)9(7)12/h5H,12H2,1-4H3. The average Bonchev–Trinajstić information content (AvgIpc) is 2.27. The maximum absolute atomic E-state index is 11.4. The molecule has 2 N–H and O–H groups in total. The number of nitrogen functional groups attached to an aromatic ring is 1.